The van der Waals surface area contributed by atoms with Crippen LogP contribution in [-0.4, -0.2) is 37.4 Å². The van der Waals surface area contributed by atoms with Crippen molar-refractivity contribution in [1.82, 2.24) is 14.5 Å². The van der Waals surface area contributed by atoms with Crippen LogP contribution < -0.4 is 4.74 Å². The van der Waals surface area contributed by atoms with Gasteiger partial charge in [0.25, 0.3) is 0 Å². The minimum absolute atomic E-state index is 0.303. The van der Waals surface area contributed by atoms with Gasteiger partial charge in [-0.15, -0.1) is 11.6 Å². The van der Waals surface area contributed by atoms with Crippen molar-refractivity contribution >= 4 is 33.6 Å². The number of pyridine rings is 1. The maximum atomic E-state index is 11.6. The van der Waals surface area contributed by atoms with E-state index in [1.807, 2.05) is 17.6 Å². The van der Waals surface area contributed by atoms with Gasteiger partial charge in [-0.3, -0.25) is 4.21 Å². The number of halogens is 1. The van der Waals surface area contributed by atoms with E-state index in [4.69, 9.17) is 16.3 Å². The average Bonchev–Trinajstić information content (AvgIpc) is 2.81. The van der Waals surface area contributed by atoms with Crippen molar-refractivity contribution < 1.29 is 8.95 Å². The van der Waals surface area contributed by atoms with E-state index in [1.54, 1.807) is 13.2 Å². The Labute approximate surface area is 119 Å². The fourth-order valence-electron chi connectivity index (χ4n) is 1.82. The summed E-state index contributed by atoms with van der Waals surface area (Å²) in [4.78, 5) is 8.81. The number of methoxy groups -OCH3 is 1. The van der Waals surface area contributed by atoms with Crippen LogP contribution in [0.3, 0.4) is 0 Å². The predicted molar refractivity (Wildman–Crippen MR) is 77.2 cm³/mol. The van der Waals surface area contributed by atoms with Gasteiger partial charge in [0.2, 0.25) is 5.88 Å². The van der Waals surface area contributed by atoms with Crippen molar-refractivity contribution in [1.29, 1.82) is 0 Å². The van der Waals surface area contributed by atoms with Crippen molar-refractivity contribution in [2.75, 3.05) is 18.6 Å². The summed E-state index contributed by atoms with van der Waals surface area (Å²) in [5.74, 6) is 2.80. The third-order valence-corrected chi connectivity index (χ3v) is 4.36. The van der Waals surface area contributed by atoms with Crippen molar-refractivity contribution in [3.8, 4) is 5.88 Å². The Morgan fingerprint density at radius 1 is 1.42 bits per heavy atom. The van der Waals surface area contributed by atoms with Gasteiger partial charge >= 0.3 is 0 Å². The van der Waals surface area contributed by atoms with Crippen LogP contribution in [0.2, 0.25) is 0 Å². The molecule has 5 nitrogen and oxygen atoms in total. The van der Waals surface area contributed by atoms with E-state index in [-0.39, 0.29) is 0 Å². The van der Waals surface area contributed by atoms with E-state index in [9.17, 15) is 4.21 Å². The molecule has 7 heteroatoms. The highest BCUT2D eigenvalue weighted by Crippen LogP contribution is 2.19. The predicted octanol–water partition coefficient (Wildman–Crippen LogP) is 1.95. The summed E-state index contributed by atoms with van der Waals surface area (Å²) in [6, 6.07) is 3.62. The van der Waals surface area contributed by atoms with E-state index in [2.05, 4.69) is 9.97 Å². The summed E-state index contributed by atoms with van der Waals surface area (Å²) >= 11 is 5.91. The first-order chi connectivity index (χ1) is 9.19. The van der Waals surface area contributed by atoms with E-state index in [0.717, 1.165) is 17.0 Å². The Morgan fingerprint density at radius 2 is 2.21 bits per heavy atom. The van der Waals surface area contributed by atoms with Crippen LogP contribution in [0.5, 0.6) is 5.88 Å². The first-order valence-corrected chi connectivity index (χ1v) is 8.03. The normalized spacial score (nSPS) is 12.8. The molecule has 0 amide bonds. The maximum Gasteiger partial charge on any atom is 0.215 e. The molecule has 0 spiro atoms. The Morgan fingerprint density at radius 3 is 2.84 bits per heavy atom. The van der Waals surface area contributed by atoms with E-state index in [1.165, 1.54) is 0 Å². The third kappa shape index (κ3) is 3.06. The molecule has 2 rings (SSSR count). The Bertz CT molecular complexity index is 600. The number of aryl methyl sites for hydroxylation is 1. The second-order valence-electron chi connectivity index (χ2n) is 3.94. The van der Waals surface area contributed by atoms with Gasteiger partial charge in [-0.1, -0.05) is 6.92 Å². The number of hydrogen-bond donors (Lipinski definition) is 0. The fourth-order valence-corrected chi connectivity index (χ4v) is 2.70. The summed E-state index contributed by atoms with van der Waals surface area (Å²) in [5, 5.41) is 0. The molecule has 0 aliphatic carbocycles. The fraction of sp³-hybridized carbons (Fsp3) is 0.500. The SMILES string of the molecule is CCS(=O)CCn1c(CCl)nc2ccc(OC)nc21. The molecular formula is C12H16ClN3O2S. The highest BCUT2D eigenvalue weighted by molar-refractivity contribution is 7.84. The average molecular weight is 302 g/mol. The second-order valence-corrected chi connectivity index (χ2v) is 6.07. The van der Waals surface area contributed by atoms with Crippen LogP contribution in [0, 0.1) is 0 Å². The number of aromatic nitrogens is 3. The molecule has 0 N–H and O–H groups in total. The number of imidazole rings is 1. The van der Waals surface area contributed by atoms with Gasteiger partial charge in [-0.25, -0.2) is 4.98 Å². The number of alkyl halides is 1. The third-order valence-electron chi connectivity index (χ3n) is 2.84. The number of rotatable bonds is 6. The molecule has 0 saturated carbocycles. The quantitative estimate of drug-likeness (QED) is 0.765. The molecule has 104 valence electrons. The van der Waals surface area contributed by atoms with Crippen molar-refractivity contribution in [2.24, 2.45) is 0 Å². The summed E-state index contributed by atoms with van der Waals surface area (Å²) in [6.45, 7) is 2.50. The van der Waals surface area contributed by atoms with Crippen LogP contribution in [0.1, 0.15) is 12.7 Å². The topological polar surface area (TPSA) is 57.0 Å². The molecular weight excluding hydrogens is 286 g/mol. The summed E-state index contributed by atoms with van der Waals surface area (Å²) in [5.41, 5.74) is 1.50. The van der Waals surface area contributed by atoms with Crippen LogP contribution >= 0.6 is 11.6 Å². The molecule has 2 aromatic rings. The van der Waals surface area contributed by atoms with Gasteiger partial charge < -0.3 is 9.30 Å². The first-order valence-electron chi connectivity index (χ1n) is 6.00. The molecule has 0 aromatic carbocycles. The van der Waals surface area contributed by atoms with Crippen LogP contribution in [-0.2, 0) is 23.2 Å². The zero-order valence-corrected chi connectivity index (χ0v) is 12.5. The molecule has 2 heterocycles. The minimum atomic E-state index is -0.823. The van der Waals surface area contributed by atoms with Gasteiger partial charge in [0.15, 0.2) is 5.65 Å². The van der Waals surface area contributed by atoms with Gasteiger partial charge in [0.05, 0.1) is 13.0 Å². The number of nitrogens with zero attached hydrogens (tertiary/aromatic N) is 3. The molecule has 0 bridgehead atoms. The summed E-state index contributed by atoms with van der Waals surface area (Å²) in [6.07, 6.45) is 0. The van der Waals surface area contributed by atoms with Gasteiger partial charge in [0.1, 0.15) is 11.3 Å². The lowest BCUT2D eigenvalue weighted by Crippen LogP contribution is -2.11. The minimum Gasteiger partial charge on any atom is -0.481 e. The molecule has 0 aliphatic heterocycles. The molecule has 1 unspecified atom stereocenters. The zero-order valence-electron chi connectivity index (χ0n) is 10.9. The van der Waals surface area contributed by atoms with Crippen LogP contribution in [0.15, 0.2) is 12.1 Å². The highest BCUT2D eigenvalue weighted by atomic mass is 35.5. The van der Waals surface area contributed by atoms with Crippen LogP contribution in [0.4, 0.5) is 0 Å². The largest absolute Gasteiger partial charge is 0.481 e. The standard InChI is InChI=1S/C12H16ClN3O2S/c1-3-19(17)7-6-16-10(8-13)14-9-4-5-11(18-2)15-12(9)16/h4-5H,3,6-8H2,1-2H3. The summed E-state index contributed by atoms with van der Waals surface area (Å²) < 4.78 is 18.6. The Balaban J connectivity index is 2.40. The Kier molecular flexibility index (Phi) is 4.76. The number of fused-ring (bicyclic) bond motifs is 1. The smallest absolute Gasteiger partial charge is 0.215 e. The first kappa shape index (κ1) is 14.3. The molecule has 0 fully saturated rings. The molecule has 0 aliphatic rings. The van der Waals surface area contributed by atoms with Crippen molar-refractivity contribution in [3.63, 3.8) is 0 Å². The van der Waals surface area contributed by atoms with E-state index >= 15 is 0 Å². The molecule has 0 radical (unpaired) electrons. The summed E-state index contributed by atoms with van der Waals surface area (Å²) in [7, 11) is 0.750. The second kappa shape index (κ2) is 6.34. The molecule has 19 heavy (non-hydrogen) atoms. The molecule has 1 atom stereocenters. The van der Waals surface area contributed by atoms with Gasteiger partial charge in [0, 0.05) is 34.9 Å². The lowest BCUT2D eigenvalue weighted by molar-refractivity contribution is 0.399. The van der Waals surface area contributed by atoms with E-state index in [0.29, 0.717) is 29.8 Å². The highest BCUT2D eigenvalue weighted by Gasteiger charge is 2.12. The number of ether oxygens (including phenoxy) is 1. The maximum absolute atomic E-state index is 11.6. The zero-order chi connectivity index (χ0) is 13.8. The van der Waals surface area contributed by atoms with Crippen molar-refractivity contribution in [3.05, 3.63) is 18.0 Å². The van der Waals surface area contributed by atoms with E-state index < -0.39 is 10.8 Å². The molecule has 0 saturated heterocycles. The van der Waals surface area contributed by atoms with Gasteiger partial charge in [-0.2, -0.15) is 4.98 Å². The lowest BCUT2D eigenvalue weighted by atomic mass is 10.4. The monoisotopic (exact) mass is 301 g/mol. The Hall–Kier alpha value is -1.14. The molecule has 2 aromatic heterocycles. The van der Waals surface area contributed by atoms with Crippen LogP contribution in [0.25, 0.3) is 11.2 Å². The lowest BCUT2D eigenvalue weighted by Gasteiger charge is -2.06. The van der Waals surface area contributed by atoms with Gasteiger partial charge in [-0.05, 0) is 6.07 Å². The van der Waals surface area contributed by atoms with Crippen molar-refractivity contribution in [2.45, 2.75) is 19.3 Å². The number of hydrogen-bond acceptors (Lipinski definition) is 4.